The van der Waals surface area contributed by atoms with E-state index in [9.17, 15) is 4.79 Å². The van der Waals surface area contributed by atoms with Crippen LogP contribution in [0.4, 0.5) is 0 Å². The predicted molar refractivity (Wildman–Crippen MR) is 91.2 cm³/mol. The van der Waals surface area contributed by atoms with Gasteiger partial charge in [-0.25, -0.2) is 4.98 Å². The second-order valence-corrected chi connectivity index (χ2v) is 7.79. The Morgan fingerprint density at radius 1 is 1.52 bits per heavy atom. The lowest BCUT2D eigenvalue weighted by atomic mass is 9.79. The molecule has 0 spiro atoms. The second kappa shape index (κ2) is 6.09. The van der Waals surface area contributed by atoms with Crippen LogP contribution in [0, 0.1) is 12.3 Å². The van der Waals surface area contributed by atoms with Gasteiger partial charge >= 0.3 is 0 Å². The SMILES string of the molecule is Cc1ccc(-c2nc(CC(=O)N3CCC(N)C(C)(C)C3)cs2)o1. The van der Waals surface area contributed by atoms with Crippen LogP contribution in [-0.4, -0.2) is 34.9 Å². The lowest BCUT2D eigenvalue weighted by molar-refractivity contribution is -0.133. The number of hydrogen-bond acceptors (Lipinski definition) is 5. The van der Waals surface area contributed by atoms with Crippen molar-refractivity contribution in [2.24, 2.45) is 11.1 Å². The number of nitrogens with zero attached hydrogens (tertiary/aromatic N) is 2. The van der Waals surface area contributed by atoms with E-state index in [1.165, 1.54) is 11.3 Å². The minimum atomic E-state index is -0.0349. The maximum atomic E-state index is 12.5. The zero-order chi connectivity index (χ0) is 16.6. The van der Waals surface area contributed by atoms with Crippen LogP contribution >= 0.6 is 11.3 Å². The summed E-state index contributed by atoms with van der Waals surface area (Å²) in [6.45, 7) is 7.60. The number of likely N-dealkylation sites (tertiary alicyclic amines) is 1. The number of aromatic nitrogens is 1. The van der Waals surface area contributed by atoms with Crippen molar-refractivity contribution in [3.8, 4) is 10.8 Å². The highest BCUT2D eigenvalue weighted by Gasteiger charge is 2.35. The summed E-state index contributed by atoms with van der Waals surface area (Å²) in [7, 11) is 0. The largest absolute Gasteiger partial charge is 0.459 e. The van der Waals surface area contributed by atoms with Crippen molar-refractivity contribution in [1.82, 2.24) is 9.88 Å². The third kappa shape index (κ3) is 3.48. The van der Waals surface area contributed by atoms with Gasteiger partial charge in [-0.1, -0.05) is 13.8 Å². The molecule has 1 atom stereocenters. The number of piperidine rings is 1. The van der Waals surface area contributed by atoms with Gasteiger partial charge in [0.25, 0.3) is 0 Å². The molecule has 2 N–H and O–H groups in total. The van der Waals surface area contributed by atoms with Crippen molar-refractivity contribution >= 4 is 17.2 Å². The molecule has 2 aromatic heterocycles. The Morgan fingerprint density at radius 3 is 2.96 bits per heavy atom. The van der Waals surface area contributed by atoms with Gasteiger partial charge in [0.2, 0.25) is 5.91 Å². The highest BCUT2D eigenvalue weighted by atomic mass is 32.1. The van der Waals surface area contributed by atoms with Crippen molar-refractivity contribution in [2.75, 3.05) is 13.1 Å². The number of furan rings is 1. The molecule has 0 aliphatic carbocycles. The minimum absolute atomic E-state index is 0.0349. The summed E-state index contributed by atoms with van der Waals surface area (Å²) in [6.07, 6.45) is 1.19. The van der Waals surface area contributed by atoms with Gasteiger partial charge in [0.05, 0.1) is 12.1 Å². The third-order valence-electron chi connectivity index (χ3n) is 4.50. The Bertz CT molecular complexity index is 704. The number of carbonyl (C=O) groups is 1. The molecule has 1 amide bonds. The highest BCUT2D eigenvalue weighted by molar-refractivity contribution is 7.13. The Labute approximate surface area is 140 Å². The third-order valence-corrected chi connectivity index (χ3v) is 5.41. The van der Waals surface area contributed by atoms with Gasteiger partial charge in [-0.3, -0.25) is 4.79 Å². The van der Waals surface area contributed by atoms with Gasteiger partial charge < -0.3 is 15.1 Å². The molecule has 5 nitrogen and oxygen atoms in total. The molecular formula is C17H23N3O2S. The highest BCUT2D eigenvalue weighted by Crippen LogP contribution is 2.29. The van der Waals surface area contributed by atoms with E-state index in [-0.39, 0.29) is 17.4 Å². The van der Waals surface area contributed by atoms with Crippen LogP contribution < -0.4 is 5.73 Å². The van der Waals surface area contributed by atoms with E-state index in [4.69, 9.17) is 10.2 Å². The fraction of sp³-hybridized carbons (Fsp3) is 0.529. The summed E-state index contributed by atoms with van der Waals surface area (Å²) in [5.74, 6) is 1.74. The maximum absolute atomic E-state index is 12.5. The molecule has 0 bridgehead atoms. The smallest absolute Gasteiger partial charge is 0.228 e. The van der Waals surface area contributed by atoms with E-state index in [1.807, 2.05) is 29.3 Å². The Kier molecular flexibility index (Phi) is 4.29. The zero-order valence-corrected chi connectivity index (χ0v) is 14.7. The molecule has 3 heterocycles. The lowest BCUT2D eigenvalue weighted by Crippen LogP contribution is -2.54. The van der Waals surface area contributed by atoms with E-state index in [0.717, 1.165) is 35.2 Å². The Balaban J connectivity index is 1.66. The molecule has 1 fully saturated rings. The van der Waals surface area contributed by atoms with Crippen LogP contribution in [0.5, 0.6) is 0 Å². The Morgan fingerprint density at radius 2 is 2.30 bits per heavy atom. The molecule has 2 aromatic rings. The van der Waals surface area contributed by atoms with Crippen LogP contribution in [0.25, 0.3) is 10.8 Å². The summed E-state index contributed by atoms with van der Waals surface area (Å²) < 4.78 is 5.58. The molecule has 1 unspecified atom stereocenters. The first-order chi connectivity index (χ1) is 10.8. The van der Waals surface area contributed by atoms with Crippen molar-refractivity contribution < 1.29 is 9.21 Å². The number of aryl methyl sites for hydroxylation is 1. The summed E-state index contributed by atoms with van der Waals surface area (Å²) in [4.78, 5) is 19.0. The number of hydrogen-bond donors (Lipinski definition) is 1. The van der Waals surface area contributed by atoms with Crippen LogP contribution in [0.15, 0.2) is 21.9 Å². The molecule has 1 aliphatic rings. The van der Waals surface area contributed by atoms with Crippen LogP contribution in [-0.2, 0) is 11.2 Å². The second-order valence-electron chi connectivity index (χ2n) is 6.93. The maximum Gasteiger partial charge on any atom is 0.228 e. The van der Waals surface area contributed by atoms with Gasteiger partial charge in [-0.05, 0) is 30.9 Å². The standard InChI is InChI=1S/C17H23N3O2S/c1-11-4-5-13(22-11)16-19-12(9-23-16)8-15(21)20-7-6-14(18)17(2,3)10-20/h4-5,9,14H,6-8,10,18H2,1-3H3. The topological polar surface area (TPSA) is 72.4 Å². The molecular weight excluding hydrogens is 310 g/mol. The Hall–Kier alpha value is -1.66. The van der Waals surface area contributed by atoms with Crippen molar-refractivity contribution in [2.45, 2.75) is 39.7 Å². The van der Waals surface area contributed by atoms with Crippen molar-refractivity contribution in [1.29, 1.82) is 0 Å². The minimum Gasteiger partial charge on any atom is -0.459 e. The molecule has 23 heavy (non-hydrogen) atoms. The predicted octanol–water partition coefficient (Wildman–Crippen LogP) is 2.84. The number of rotatable bonds is 3. The van der Waals surface area contributed by atoms with E-state index < -0.39 is 0 Å². The molecule has 6 heteroatoms. The quantitative estimate of drug-likeness (QED) is 0.937. The average molecular weight is 333 g/mol. The number of carbonyl (C=O) groups excluding carboxylic acids is 1. The van der Waals surface area contributed by atoms with Gasteiger partial charge in [-0.2, -0.15) is 0 Å². The molecule has 124 valence electrons. The van der Waals surface area contributed by atoms with E-state index in [0.29, 0.717) is 13.0 Å². The molecule has 1 saturated heterocycles. The number of nitrogens with two attached hydrogens (primary N) is 1. The zero-order valence-electron chi connectivity index (χ0n) is 13.8. The normalized spacial score (nSPS) is 20.7. The fourth-order valence-corrected chi connectivity index (χ4v) is 3.68. The van der Waals surface area contributed by atoms with Gasteiger partial charge in [0, 0.05) is 24.5 Å². The summed E-state index contributed by atoms with van der Waals surface area (Å²) in [5, 5.41) is 2.76. The first-order valence-electron chi connectivity index (χ1n) is 7.90. The van der Waals surface area contributed by atoms with E-state index in [2.05, 4.69) is 18.8 Å². The van der Waals surface area contributed by atoms with Crippen LogP contribution in [0.1, 0.15) is 31.7 Å². The first-order valence-corrected chi connectivity index (χ1v) is 8.78. The van der Waals surface area contributed by atoms with Gasteiger partial charge in [-0.15, -0.1) is 11.3 Å². The summed E-state index contributed by atoms with van der Waals surface area (Å²) >= 11 is 1.51. The molecule has 0 radical (unpaired) electrons. The average Bonchev–Trinajstić information content (AvgIpc) is 3.10. The number of thiazole rings is 1. The van der Waals surface area contributed by atoms with E-state index in [1.54, 1.807) is 0 Å². The van der Waals surface area contributed by atoms with Gasteiger partial charge in [0.1, 0.15) is 5.76 Å². The molecule has 0 saturated carbocycles. The fourth-order valence-electron chi connectivity index (χ4n) is 2.90. The molecule has 1 aliphatic heterocycles. The number of amides is 1. The van der Waals surface area contributed by atoms with Gasteiger partial charge in [0.15, 0.2) is 10.8 Å². The monoisotopic (exact) mass is 333 g/mol. The van der Waals surface area contributed by atoms with Crippen LogP contribution in [0.2, 0.25) is 0 Å². The van der Waals surface area contributed by atoms with E-state index >= 15 is 0 Å². The van der Waals surface area contributed by atoms with Crippen LogP contribution in [0.3, 0.4) is 0 Å². The first kappa shape index (κ1) is 16.2. The summed E-state index contributed by atoms with van der Waals surface area (Å²) in [6, 6.07) is 3.98. The lowest BCUT2D eigenvalue weighted by Gasteiger charge is -2.42. The van der Waals surface area contributed by atoms with Crippen molar-refractivity contribution in [3.63, 3.8) is 0 Å². The van der Waals surface area contributed by atoms with Crippen molar-refractivity contribution in [3.05, 3.63) is 29.0 Å². The molecule has 0 aromatic carbocycles. The summed E-state index contributed by atoms with van der Waals surface area (Å²) in [5.41, 5.74) is 6.91. The molecule has 3 rings (SSSR count).